The van der Waals surface area contributed by atoms with Gasteiger partial charge in [-0.2, -0.15) is 5.10 Å². The fourth-order valence-corrected chi connectivity index (χ4v) is 2.95. The minimum absolute atomic E-state index is 0.272. The van der Waals surface area contributed by atoms with Gasteiger partial charge < -0.3 is 10.2 Å². The van der Waals surface area contributed by atoms with Gasteiger partial charge in [0.1, 0.15) is 0 Å². The zero-order chi connectivity index (χ0) is 16.4. The Labute approximate surface area is 139 Å². The van der Waals surface area contributed by atoms with Crippen molar-refractivity contribution < 1.29 is 4.79 Å². The van der Waals surface area contributed by atoms with Crippen molar-refractivity contribution in [3.05, 3.63) is 42.2 Å². The van der Waals surface area contributed by atoms with Gasteiger partial charge in [0, 0.05) is 24.2 Å². The minimum Gasteiger partial charge on any atom is -0.355 e. The van der Waals surface area contributed by atoms with E-state index in [4.69, 9.17) is 0 Å². The number of piperidine rings is 1. The van der Waals surface area contributed by atoms with Gasteiger partial charge in [-0.3, -0.25) is 9.89 Å². The van der Waals surface area contributed by atoms with Crippen molar-refractivity contribution in [2.75, 3.05) is 23.3 Å². The molecule has 122 valence electrons. The molecule has 1 amide bonds. The van der Waals surface area contributed by atoms with Gasteiger partial charge in [0.25, 0.3) is 5.91 Å². The van der Waals surface area contributed by atoms with Gasteiger partial charge in [0.05, 0.1) is 11.7 Å². The number of amides is 1. The molecule has 0 saturated carbocycles. The molecule has 1 aromatic carbocycles. The molecule has 2 N–H and O–H groups in total. The summed E-state index contributed by atoms with van der Waals surface area (Å²) in [7, 11) is 0. The summed E-state index contributed by atoms with van der Waals surface area (Å²) in [6.45, 7) is 2.01. The third-order valence-corrected chi connectivity index (χ3v) is 4.26. The number of aromatic amines is 1. The molecule has 3 aromatic rings. The Bertz CT molecular complexity index is 851. The fourth-order valence-electron chi connectivity index (χ4n) is 2.95. The van der Waals surface area contributed by atoms with Crippen LogP contribution in [-0.4, -0.2) is 39.4 Å². The molecule has 1 aliphatic rings. The van der Waals surface area contributed by atoms with Crippen molar-refractivity contribution in [3.63, 3.8) is 0 Å². The maximum Gasteiger partial charge on any atom is 0.276 e. The normalized spacial score (nSPS) is 14.8. The van der Waals surface area contributed by atoms with E-state index >= 15 is 0 Å². The lowest BCUT2D eigenvalue weighted by Crippen LogP contribution is -2.30. The van der Waals surface area contributed by atoms with Crippen LogP contribution >= 0.6 is 0 Å². The quantitative estimate of drug-likeness (QED) is 0.774. The summed E-state index contributed by atoms with van der Waals surface area (Å²) in [6, 6.07) is 9.17. The molecule has 1 fully saturated rings. The molecule has 0 unspecified atom stereocenters. The second-order valence-electron chi connectivity index (χ2n) is 5.95. The van der Waals surface area contributed by atoms with Gasteiger partial charge in [0.15, 0.2) is 11.5 Å². The molecule has 7 nitrogen and oxygen atoms in total. The lowest BCUT2D eigenvalue weighted by Gasteiger charge is -2.27. The molecule has 0 aliphatic carbocycles. The molecule has 0 radical (unpaired) electrons. The van der Waals surface area contributed by atoms with E-state index in [1.807, 2.05) is 24.3 Å². The molecule has 3 heterocycles. The first-order valence-corrected chi connectivity index (χ1v) is 8.13. The summed E-state index contributed by atoms with van der Waals surface area (Å²) in [5, 5.41) is 19.0. The van der Waals surface area contributed by atoms with Gasteiger partial charge >= 0.3 is 0 Å². The summed E-state index contributed by atoms with van der Waals surface area (Å²) >= 11 is 0. The molecule has 4 rings (SSSR count). The van der Waals surface area contributed by atoms with E-state index in [2.05, 4.69) is 30.6 Å². The third kappa shape index (κ3) is 2.92. The highest BCUT2D eigenvalue weighted by molar-refractivity contribution is 6.03. The first kappa shape index (κ1) is 14.6. The summed E-state index contributed by atoms with van der Waals surface area (Å²) in [6.07, 6.45) is 5.37. The van der Waals surface area contributed by atoms with Crippen LogP contribution in [0.25, 0.3) is 10.9 Å². The molecular weight excluding hydrogens is 304 g/mol. The minimum atomic E-state index is -0.272. The molecule has 2 aromatic heterocycles. The highest BCUT2D eigenvalue weighted by Gasteiger charge is 2.14. The first-order chi connectivity index (χ1) is 11.8. The number of carbonyl (C=O) groups is 1. The van der Waals surface area contributed by atoms with Gasteiger partial charge in [-0.05, 0) is 49.6 Å². The van der Waals surface area contributed by atoms with Crippen molar-refractivity contribution in [2.45, 2.75) is 19.3 Å². The average Bonchev–Trinajstić information content (AvgIpc) is 3.10. The number of nitrogens with one attached hydrogen (secondary N) is 2. The lowest BCUT2D eigenvalue weighted by atomic mass is 10.1. The van der Waals surface area contributed by atoms with Crippen molar-refractivity contribution in [1.29, 1.82) is 0 Å². The average molecular weight is 322 g/mol. The Morgan fingerprint density at radius 1 is 1.08 bits per heavy atom. The number of aromatic nitrogens is 4. The molecule has 0 bridgehead atoms. The molecule has 0 atom stereocenters. The van der Waals surface area contributed by atoms with Crippen molar-refractivity contribution in [3.8, 4) is 0 Å². The summed E-state index contributed by atoms with van der Waals surface area (Å²) in [5.41, 5.74) is 1.87. The Balaban J connectivity index is 1.47. The van der Waals surface area contributed by atoms with E-state index in [1.165, 1.54) is 19.3 Å². The summed E-state index contributed by atoms with van der Waals surface area (Å²) in [4.78, 5) is 14.5. The number of nitrogens with zero attached hydrogens (tertiary/aromatic N) is 4. The Kier molecular flexibility index (Phi) is 3.82. The van der Waals surface area contributed by atoms with E-state index in [0.29, 0.717) is 11.4 Å². The predicted octanol–water partition coefficient (Wildman–Crippen LogP) is 2.60. The zero-order valence-corrected chi connectivity index (χ0v) is 13.2. The van der Waals surface area contributed by atoms with Crippen LogP contribution in [0.4, 0.5) is 11.5 Å². The SMILES string of the molecule is O=C(Nc1ccc2cn[nH]c2c1)c1ccc(N2CCCCC2)nn1. The monoisotopic (exact) mass is 322 g/mol. The van der Waals surface area contributed by atoms with Crippen LogP contribution in [0.5, 0.6) is 0 Å². The second-order valence-corrected chi connectivity index (χ2v) is 5.95. The number of rotatable bonds is 3. The molecular formula is C17H18N6O. The van der Waals surface area contributed by atoms with Crippen LogP contribution in [0, 0.1) is 0 Å². The highest BCUT2D eigenvalue weighted by Crippen LogP contribution is 2.18. The molecule has 0 spiro atoms. The van der Waals surface area contributed by atoms with Crippen molar-refractivity contribution >= 4 is 28.3 Å². The van der Waals surface area contributed by atoms with E-state index in [-0.39, 0.29) is 5.91 Å². The van der Waals surface area contributed by atoms with E-state index in [9.17, 15) is 4.79 Å². The predicted molar refractivity (Wildman–Crippen MR) is 92.1 cm³/mol. The molecule has 7 heteroatoms. The second kappa shape index (κ2) is 6.27. The highest BCUT2D eigenvalue weighted by atomic mass is 16.1. The number of hydrogen-bond acceptors (Lipinski definition) is 5. The lowest BCUT2D eigenvalue weighted by molar-refractivity contribution is 0.102. The van der Waals surface area contributed by atoms with Gasteiger partial charge in [-0.1, -0.05) is 0 Å². The van der Waals surface area contributed by atoms with Gasteiger partial charge in [-0.25, -0.2) is 0 Å². The number of H-pyrrole nitrogens is 1. The Morgan fingerprint density at radius 2 is 1.96 bits per heavy atom. The van der Waals surface area contributed by atoms with Crippen LogP contribution in [-0.2, 0) is 0 Å². The number of benzene rings is 1. The van der Waals surface area contributed by atoms with Crippen LogP contribution in [0.3, 0.4) is 0 Å². The number of hydrogen-bond donors (Lipinski definition) is 2. The molecule has 24 heavy (non-hydrogen) atoms. The van der Waals surface area contributed by atoms with Gasteiger partial charge in [0.2, 0.25) is 0 Å². The summed E-state index contributed by atoms with van der Waals surface area (Å²) < 4.78 is 0. The summed E-state index contributed by atoms with van der Waals surface area (Å²) in [5.74, 6) is 0.566. The fraction of sp³-hybridized carbons (Fsp3) is 0.294. The maximum absolute atomic E-state index is 12.3. The van der Waals surface area contributed by atoms with E-state index < -0.39 is 0 Å². The molecule has 1 aliphatic heterocycles. The standard InChI is InChI=1S/C17H18N6O/c24-17(19-13-5-4-12-11-18-20-15(12)10-13)14-6-7-16(22-21-14)23-8-2-1-3-9-23/h4-7,10-11H,1-3,8-9H2,(H,18,20)(H,19,24). The van der Waals surface area contributed by atoms with Crippen LogP contribution in [0.2, 0.25) is 0 Å². The number of carbonyl (C=O) groups excluding carboxylic acids is 1. The van der Waals surface area contributed by atoms with Crippen molar-refractivity contribution in [1.82, 2.24) is 20.4 Å². The topological polar surface area (TPSA) is 86.8 Å². The van der Waals surface area contributed by atoms with E-state index in [0.717, 1.165) is 29.8 Å². The van der Waals surface area contributed by atoms with Crippen LogP contribution in [0.1, 0.15) is 29.8 Å². The van der Waals surface area contributed by atoms with Gasteiger partial charge in [-0.15, -0.1) is 10.2 Å². The Morgan fingerprint density at radius 3 is 2.75 bits per heavy atom. The van der Waals surface area contributed by atoms with E-state index in [1.54, 1.807) is 12.3 Å². The Hall–Kier alpha value is -2.96. The van der Waals surface area contributed by atoms with Crippen molar-refractivity contribution in [2.24, 2.45) is 0 Å². The van der Waals surface area contributed by atoms with Crippen LogP contribution < -0.4 is 10.2 Å². The zero-order valence-electron chi connectivity index (χ0n) is 13.2. The maximum atomic E-state index is 12.3. The molecule has 1 saturated heterocycles. The third-order valence-electron chi connectivity index (χ3n) is 4.26. The smallest absolute Gasteiger partial charge is 0.276 e. The first-order valence-electron chi connectivity index (χ1n) is 8.13. The number of fused-ring (bicyclic) bond motifs is 1. The van der Waals surface area contributed by atoms with Crippen LogP contribution in [0.15, 0.2) is 36.5 Å². The number of anilines is 2. The largest absolute Gasteiger partial charge is 0.355 e.